The lowest BCUT2D eigenvalue weighted by Gasteiger charge is -2.15. The lowest BCUT2D eigenvalue weighted by atomic mass is 10.2. The molecule has 0 aromatic rings. The Labute approximate surface area is 75.3 Å². The fraction of sp³-hybridized carbons (Fsp3) is 1.00. The van der Waals surface area contributed by atoms with E-state index < -0.39 is 0 Å². The van der Waals surface area contributed by atoms with Gasteiger partial charge in [-0.05, 0) is 34.4 Å². The monoisotopic (exact) mass is 175 g/mol. The maximum atomic E-state index is 9.40. The Morgan fingerprint density at radius 2 is 1.92 bits per heavy atom. The lowest BCUT2D eigenvalue weighted by Crippen LogP contribution is -2.24. The summed E-state index contributed by atoms with van der Waals surface area (Å²) in [7, 11) is 3.99. The highest BCUT2D eigenvalue weighted by atomic mass is 16.5. The Balaban J connectivity index is 3.27. The molecule has 0 bridgehead atoms. The minimum absolute atomic E-state index is 0.207. The number of hydrogen-bond donors (Lipinski definition) is 1. The fourth-order valence-corrected chi connectivity index (χ4v) is 0.794. The van der Waals surface area contributed by atoms with Crippen molar-refractivity contribution in [3.8, 4) is 0 Å². The van der Waals surface area contributed by atoms with Crippen LogP contribution >= 0.6 is 0 Å². The molecular weight excluding hydrogens is 154 g/mol. The molecule has 1 unspecified atom stereocenters. The van der Waals surface area contributed by atoms with E-state index in [1.807, 2.05) is 27.9 Å². The topological polar surface area (TPSA) is 32.7 Å². The van der Waals surface area contributed by atoms with Crippen molar-refractivity contribution in [3.05, 3.63) is 0 Å². The molecule has 12 heavy (non-hydrogen) atoms. The zero-order valence-corrected chi connectivity index (χ0v) is 8.58. The molecule has 0 saturated carbocycles. The maximum Gasteiger partial charge on any atom is 0.0786 e. The molecule has 3 heteroatoms. The smallest absolute Gasteiger partial charge is 0.0786 e. The molecule has 3 nitrogen and oxygen atoms in total. The minimum Gasteiger partial charge on any atom is -0.391 e. The molecule has 0 radical (unpaired) electrons. The van der Waals surface area contributed by atoms with Crippen molar-refractivity contribution in [1.29, 1.82) is 0 Å². The second-order valence-corrected chi connectivity index (χ2v) is 3.63. The molecule has 0 aliphatic carbocycles. The van der Waals surface area contributed by atoms with Gasteiger partial charge in [0.25, 0.3) is 0 Å². The van der Waals surface area contributed by atoms with Gasteiger partial charge in [0.1, 0.15) is 0 Å². The van der Waals surface area contributed by atoms with Crippen molar-refractivity contribution in [3.63, 3.8) is 0 Å². The van der Waals surface area contributed by atoms with Crippen LogP contribution in [0.15, 0.2) is 0 Å². The molecule has 0 aromatic heterocycles. The Bertz CT molecular complexity index is 92.7. The van der Waals surface area contributed by atoms with Crippen LogP contribution in [0.3, 0.4) is 0 Å². The number of aliphatic hydroxyl groups is 1. The summed E-state index contributed by atoms with van der Waals surface area (Å²) in [6.07, 6.45) is 0.661. The first-order chi connectivity index (χ1) is 5.52. The van der Waals surface area contributed by atoms with Crippen LogP contribution in [0.1, 0.15) is 20.3 Å². The quantitative estimate of drug-likeness (QED) is 0.646. The first kappa shape index (κ1) is 11.9. The van der Waals surface area contributed by atoms with E-state index in [1.54, 1.807) is 0 Å². The van der Waals surface area contributed by atoms with Gasteiger partial charge >= 0.3 is 0 Å². The van der Waals surface area contributed by atoms with Crippen LogP contribution in [0.25, 0.3) is 0 Å². The van der Waals surface area contributed by atoms with E-state index in [-0.39, 0.29) is 12.2 Å². The number of nitrogens with zero attached hydrogens (tertiary/aromatic N) is 1. The van der Waals surface area contributed by atoms with Gasteiger partial charge in [-0.2, -0.15) is 0 Å². The van der Waals surface area contributed by atoms with Gasteiger partial charge in [-0.15, -0.1) is 0 Å². The third-order valence-electron chi connectivity index (χ3n) is 1.53. The summed E-state index contributed by atoms with van der Waals surface area (Å²) in [6, 6.07) is 0. The van der Waals surface area contributed by atoms with Crippen molar-refractivity contribution in [1.82, 2.24) is 4.90 Å². The number of ether oxygens (including phenoxy) is 1. The highest BCUT2D eigenvalue weighted by Gasteiger charge is 2.05. The summed E-state index contributed by atoms with van der Waals surface area (Å²) >= 11 is 0. The molecule has 0 spiro atoms. The molecule has 0 aliphatic heterocycles. The van der Waals surface area contributed by atoms with Gasteiger partial charge in [0, 0.05) is 6.54 Å². The van der Waals surface area contributed by atoms with Crippen LogP contribution < -0.4 is 0 Å². The first-order valence-electron chi connectivity index (χ1n) is 4.46. The average Bonchev–Trinajstić information content (AvgIpc) is 1.96. The van der Waals surface area contributed by atoms with Gasteiger partial charge in [-0.1, -0.05) is 0 Å². The largest absolute Gasteiger partial charge is 0.391 e. The van der Waals surface area contributed by atoms with Crippen LogP contribution in [0, 0.1) is 0 Å². The van der Waals surface area contributed by atoms with E-state index in [0.717, 1.165) is 13.0 Å². The molecule has 0 amide bonds. The zero-order valence-electron chi connectivity index (χ0n) is 8.58. The second kappa shape index (κ2) is 6.40. The summed E-state index contributed by atoms with van der Waals surface area (Å²) in [6.45, 7) is 5.30. The van der Waals surface area contributed by atoms with Crippen molar-refractivity contribution >= 4 is 0 Å². The van der Waals surface area contributed by atoms with Crippen molar-refractivity contribution in [2.24, 2.45) is 0 Å². The Morgan fingerprint density at radius 1 is 1.33 bits per heavy atom. The molecule has 1 atom stereocenters. The average molecular weight is 175 g/mol. The van der Waals surface area contributed by atoms with Crippen LogP contribution in [0.2, 0.25) is 0 Å². The fourth-order valence-electron chi connectivity index (χ4n) is 0.794. The summed E-state index contributed by atoms with van der Waals surface area (Å²) in [4.78, 5) is 2.05. The number of aliphatic hydroxyl groups excluding tert-OH is 1. The van der Waals surface area contributed by atoms with Crippen molar-refractivity contribution < 1.29 is 9.84 Å². The summed E-state index contributed by atoms with van der Waals surface area (Å²) in [5, 5.41) is 9.40. The van der Waals surface area contributed by atoms with Crippen LogP contribution in [-0.4, -0.2) is 49.5 Å². The van der Waals surface area contributed by atoms with E-state index in [0.29, 0.717) is 6.61 Å². The molecule has 0 fully saturated rings. The van der Waals surface area contributed by atoms with Crippen LogP contribution in [-0.2, 0) is 4.74 Å². The summed E-state index contributed by atoms with van der Waals surface area (Å²) < 4.78 is 5.27. The van der Waals surface area contributed by atoms with Gasteiger partial charge in [0.15, 0.2) is 0 Å². The Hall–Kier alpha value is -0.120. The van der Waals surface area contributed by atoms with Gasteiger partial charge in [0.2, 0.25) is 0 Å². The highest BCUT2D eigenvalue weighted by Crippen LogP contribution is 1.96. The van der Waals surface area contributed by atoms with Gasteiger partial charge < -0.3 is 14.7 Å². The molecule has 1 N–H and O–H groups in total. The SMILES string of the molecule is CC(C)OCC(O)CCN(C)C. The molecule has 74 valence electrons. The van der Waals surface area contributed by atoms with Gasteiger partial charge in [-0.3, -0.25) is 0 Å². The molecular formula is C9H21NO2. The summed E-state index contributed by atoms with van der Waals surface area (Å²) in [5.41, 5.74) is 0. The van der Waals surface area contributed by atoms with Crippen molar-refractivity contribution in [2.45, 2.75) is 32.5 Å². The summed E-state index contributed by atoms with van der Waals surface area (Å²) in [5.74, 6) is 0. The predicted octanol–water partition coefficient (Wildman–Crippen LogP) is 0.724. The lowest BCUT2D eigenvalue weighted by molar-refractivity contribution is 0.000528. The first-order valence-corrected chi connectivity index (χ1v) is 4.46. The van der Waals surface area contributed by atoms with Gasteiger partial charge in [-0.25, -0.2) is 0 Å². The molecule has 0 rings (SSSR count). The second-order valence-electron chi connectivity index (χ2n) is 3.63. The maximum absolute atomic E-state index is 9.40. The molecule has 0 aliphatic rings. The zero-order chi connectivity index (χ0) is 9.56. The Morgan fingerprint density at radius 3 is 2.33 bits per heavy atom. The van der Waals surface area contributed by atoms with E-state index >= 15 is 0 Å². The number of rotatable bonds is 6. The Kier molecular flexibility index (Phi) is 6.34. The van der Waals surface area contributed by atoms with E-state index in [4.69, 9.17) is 4.74 Å². The number of hydrogen-bond acceptors (Lipinski definition) is 3. The third kappa shape index (κ3) is 7.98. The van der Waals surface area contributed by atoms with E-state index in [2.05, 4.69) is 4.90 Å². The third-order valence-corrected chi connectivity index (χ3v) is 1.53. The normalized spacial score (nSPS) is 14.2. The van der Waals surface area contributed by atoms with Crippen LogP contribution in [0.4, 0.5) is 0 Å². The van der Waals surface area contributed by atoms with Crippen molar-refractivity contribution in [2.75, 3.05) is 27.2 Å². The minimum atomic E-state index is -0.324. The molecule has 0 saturated heterocycles. The van der Waals surface area contributed by atoms with E-state index in [9.17, 15) is 5.11 Å². The molecule has 0 heterocycles. The van der Waals surface area contributed by atoms with Gasteiger partial charge in [0.05, 0.1) is 18.8 Å². The standard InChI is InChI=1S/C9H21NO2/c1-8(2)12-7-9(11)5-6-10(3)4/h8-9,11H,5-7H2,1-4H3. The predicted molar refractivity (Wildman–Crippen MR) is 50.3 cm³/mol. The molecule has 0 aromatic carbocycles. The highest BCUT2D eigenvalue weighted by molar-refractivity contribution is 4.56. The van der Waals surface area contributed by atoms with E-state index in [1.165, 1.54) is 0 Å². The van der Waals surface area contributed by atoms with Crippen LogP contribution in [0.5, 0.6) is 0 Å².